The van der Waals surface area contributed by atoms with Gasteiger partial charge in [-0.05, 0) is 48.6 Å². The molecule has 0 radical (unpaired) electrons. The van der Waals surface area contributed by atoms with Crippen molar-refractivity contribution >= 4 is 33.5 Å². The molecule has 0 bridgehead atoms. The fourth-order valence-electron chi connectivity index (χ4n) is 2.56. The van der Waals surface area contributed by atoms with Crippen LogP contribution in [0.4, 0.5) is 5.69 Å². The summed E-state index contributed by atoms with van der Waals surface area (Å²) < 4.78 is 6.23. The standard InChI is InChI=1S/C21H24BrNO3/c1-4-14(2)18-7-5-6-8-19(18)23-21(25)15(3)26-20(24)13-16-9-11-17(22)12-10-16/h5-12,14-15H,4,13H2,1-3H3,(H,23,25)/t14-,15+/m1/s1. The molecule has 0 aromatic heterocycles. The lowest BCUT2D eigenvalue weighted by Gasteiger charge is -2.18. The van der Waals surface area contributed by atoms with Crippen molar-refractivity contribution in [3.63, 3.8) is 0 Å². The van der Waals surface area contributed by atoms with E-state index < -0.39 is 12.1 Å². The number of carbonyl (C=O) groups is 2. The van der Waals surface area contributed by atoms with Crippen molar-refractivity contribution in [2.45, 2.75) is 45.6 Å². The number of hydrogen-bond acceptors (Lipinski definition) is 3. The molecule has 0 saturated carbocycles. The molecule has 0 aliphatic heterocycles. The molecular formula is C21H24BrNO3. The van der Waals surface area contributed by atoms with Crippen LogP contribution >= 0.6 is 15.9 Å². The highest BCUT2D eigenvalue weighted by molar-refractivity contribution is 9.10. The van der Waals surface area contributed by atoms with Gasteiger partial charge in [0.15, 0.2) is 6.10 Å². The summed E-state index contributed by atoms with van der Waals surface area (Å²) in [6.45, 7) is 5.81. The molecule has 26 heavy (non-hydrogen) atoms. The zero-order valence-electron chi connectivity index (χ0n) is 15.3. The van der Waals surface area contributed by atoms with Gasteiger partial charge < -0.3 is 10.1 Å². The van der Waals surface area contributed by atoms with E-state index in [9.17, 15) is 9.59 Å². The largest absolute Gasteiger partial charge is 0.452 e. The molecule has 4 nitrogen and oxygen atoms in total. The number of anilines is 1. The van der Waals surface area contributed by atoms with Crippen LogP contribution in [0, 0.1) is 0 Å². The van der Waals surface area contributed by atoms with Gasteiger partial charge in [0.1, 0.15) is 0 Å². The molecule has 2 aromatic carbocycles. The molecule has 2 rings (SSSR count). The van der Waals surface area contributed by atoms with E-state index >= 15 is 0 Å². The second-order valence-corrected chi connectivity index (χ2v) is 7.24. The van der Waals surface area contributed by atoms with Crippen LogP contribution in [0.15, 0.2) is 53.0 Å². The third-order valence-corrected chi connectivity index (χ3v) is 4.83. The molecule has 0 unspecified atom stereocenters. The lowest BCUT2D eigenvalue weighted by molar-refractivity contribution is -0.152. The topological polar surface area (TPSA) is 55.4 Å². The maximum absolute atomic E-state index is 12.4. The van der Waals surface area contributed by atoms with Gasteiger partial charge in [0.25, 0.3) is 5.91 Å². The van der Waals surface area contributed by atoms with E-state index in [1.807, 2.05) is 48.5 Å². The van der Waals surface area contributed by atoms with Crippen LogP contribution < -0.4 is 5.32 Å². The Morgan fingerprint density at radius 1 is 1.08 bits per heavy atom. The van der Waals surface area contributed by atoms with E-state index in [0.717, 1.165) is 27.7 Å². The van der Waals surface area contributed by atoms with Crippen LogP contribution in [-0.2, 0) is 20.7 Å². The molecule has 0 aliphatic rings. The van der Waals surface area contributed by atoms with Gasteiger partial charge in [-0.3, -0.25) is 9.59 Å². The molecule has 138 valence electrons. The van der Waals surface area contributed by atoms with Crippen molar-refractivity contribution in [2.75, 3.05) is 5.32 Å². The normalized spacial score (nSPS) is 12.9. The Kier molecular flexibility index (Phi) is 7.39. The average molecular weight is 418 g/mol. The molecule has 1 amide bonds. The zero-order chi connectivity index (χ0) is 19.1. The third kappa shape index (κ3) is 5.70. The number of amides is 1. The van der Waals surface area contributed by atoms with Gasteiger partial charge in [0, 0.05) is 10.2 Å². The van der Waals surface area contributed by atoms with Crippen LogP contribution in [0.5, 0.6) is 0 Å². The Hall–Kier alpha value is -2.14. The molecule has 2 atom stereocenters. The maximum Gasteiger partial charge on any atom is 0.311 e. The minimum Gasteiger partial charge on any atom is -0.452 e. The van der Waals surface area contributed by atoms with E-state index in [2.05, 4.69) is 35.1 Å². The Bertz CT molecular complexity index is 758. The highest BCUT2D eigenvalue weighted by Gasteiger charge is 2.20. The summed E-state index contributed by atoms with van der Waals surface area (Å²) >= 11 is 3.35. The first-order chi connectivity index (χ1) is 12.4. The molecule has 0 heterocycles. The highest BCUT2D eigenvalue weighted by atomic mass is 79.9. The lowest BCUT2D eigenvalue weighted by atomic mass is 9.97. The van der Waals surface area contributed by atoms with Crippen LogP contribution in [-0.4, -0.2) is 18.0 Å². The van der Waals surface area contributed by atoms with Gasteiger partial charge in [0.05, 0.1) is 6.42 Å². The number of nitrogens with one attached hydrogen (secondary N) is 1. The summed E-state index contributed by atoms with van der Waals surface area (Å²) in [5, 5.41) is 2.88. The fraction of sp³-hybridized carbons (Fsp3) is 0.333. The number of ether oxygens (including phenoxy) is 1. The van der Waals surface area contributed by atoms with Crippen molar-refractivity contribution in [3.05, 3.63) is 64.1 Å². The first-order valence-corrected chi connectivity index (χ1v) is 9.53. The van der Waals surface area contributed by atoms with Gasteiger partial charge in [-0.15, -0.1) is 0 Å². The predicted octanol–water partition coefficient (Wildman–Crippen LogP) is 5.08. The molecule has 5 heteroatoms. The number of halogens is 1. The van der Waals surface area contributed by atoms with Crippen molar-refractivity contribution in [1.29, 1.82) is 0 Å². The summed E-state index contributed by atoms with van der Waals surface area (Å²) in [6, 6.07) is 15.1. The quantitative estimate of drug-likeness (QED) is 0.639. The van der Waals surface area contributed by atoms with Gasteiger partial charge in [-0.1, -0.05) is 60.1 Å². The Morgan fingerprint density at radius 3 is 2.38 bits per heavy atom. The van der Waals surface area contributed by atoms with E-state index in [0.29, 0.717) is 5.92 Å². The number of para-hydroxylation sites is 1. The van der Waals surface area contributed by atoms with E-state index in [1.165, 1.54) is 0 Å². The van der Waals surface area contributed by atoms with Crippen LogP contribution in [0.25, 0.3) is 0 Å². The zero-order valence-corrected chi connectivity index (χ0v) is 16.9. The van der Waals surface area contributed by atoms with E-state index in [-0.39, 0.29) is 12.3 Å². The Balaban J connectivity index is 1.95. The van der Waals surface area contributed by atoms with Crippen molar-refractivity contribution < 1.29 is 14.3 Å². The molecule has 0 aliphatic carbocycles. The minimum atomic E-state index is -0.858. The molecule has 0 spiro atoms. The average Bonchev–Trinajstić information content (AvgIpc) is 2.63. The second kappa shape index (κ2) is 9.53. The fourth-order valence-corrected chi connectivity index (χ4v) is 2.82. The SMILES string of the molecule is CC[C@@H](C)c1ccccc1NC(=O)[C@H](C)OC(=O)Cc1ccc(Br)cc1. The van der Waals surface area contributed by atoms with Crippen molar-refractivity contribution in [3.8, 4) is 0 Å². The van der Waals surface area contributed by atoms with Gasteiger partial charge in [-0.25, -0.2) is 0 Å². The number of carbonyl (C=O) groups excluding carboxylic acids is 2. The number of rotatable bonds is 7. The monoisotopic (exact) mass is 417 g/mol. The van der Waals surface area contributed by atoms with Crippen LogP contribution in [0.2, 0.25) is 0 Å². The Morgan fingerprint density at radius 2 is 1.73 bits per heavy atom. The van der Waals surface area contributed by atoms with Crippen molar-refractivity contribution in [1.82, 2.24) is 0 Å². The number of esters is 1. The minimum absolute atomic E-state index is 0.133. The number of benzene rings is 2. The third-order valence-electron chi connectivity index (χ3n) is 4.30. The van der Waals surface area contributed by atoms with Gasteiger partial charge >= 0.3 is 5.97 Å². The lowest BCUT2D eigenvalue weighted by Crippen LogP contribution is -2.30. The number of hydrogen-bond donors (Lipinski definition) is 1. The summed E-state index contributed by atoms with van der Waals surface area (Å²) in [7, 11) is 0. The summed E-state index contributed by atoms with van der Waals surface area (Å²) in [5.41, 5.74) is 2.69. The Labute approximate surface area is 163 Å². The summed E-state index contributed by atoms with van der Waals surface area (Å²) in [6.07, 6.45) is 0.252. The summed E-state index contributed by atoms with van der Waals surface area (Å²) in [4.78, 5) is 24.5. The van der Waals surface area contributed by atoms with Gasteiger partial charge in [0.2, 0.25) is 0 Å². The predicted molar refractivity (Wildman–Crippen MR) is 107 cm³/mol. The molecule has 2 aromatic rings. The van der Waals surface area contributed by atoms with Crippen molar-refractivity contribution in [2.24, 2.45) is 0 Å². The molecule has 0 fully saturated rings. The highest BCUT2D eigenvalue weighted by Crippen LogP contribution is 2.26. The molecule has 0 saturated heterocycles. The first-order valence-electron chi connectivity index (χ1n) is 8.74. The van der Waals surface area contributed by atoms with E-state index in [4.69, 9.17) is 4.74 Å². The molecule has 1 N–H and O–H groups in total. The molecular weight excluding hydrogens is 394 g/mol. The van der Waals surface area contributed by atoms with Crippen LogP contribution in [0.3, 0.4) is 0 Å². The van der Waals surface area contributed by atoms with Crippen LogP contribution in [0.1, 0.15) is 44.2 Å². The van der Waals surface area contributed by atoms with Gasteiger partial charge in [-0.2, -0.15) is 0 Å². The van der Waals surface area contributed by atoms with E-state index in [1.54, 1.807) is 6.92 Å². The first kappa shape index (κ1) is 20.2. The summed E-state index contributed by atoms with van der Waals surface area (Å²) in [5.74, 6) is -0.420. The second-order valence-electron chi connectivity index (χ2n) is 6.32. The smallest absolute Gasteiger partial charge is 0.311 e. The maximum atomic E-state index is 12.4.